The molecule has 2 nitrogen and oxygen atoms in total. The zero-order valence-electron chi connectivity index (χ0n) is 11.1. The highest BCUT2D eigenvalue weighted by molar-refractivity contribution is 4.91. The summed E-state index contributed by atoms with van der Waals surface area (Å²) in [6, 6.07) is 0. The molecule has 17 heavy (non-hydrogen) atoms. The molecule has 0 radical (unpaired) electrons. The minimum atomic E-state index is -2.40. The second-order valence-corrected chi connectivity index (χ2v) is 6.23. The Morgan fingerprint density at radius 2 is 1.82 bits per heavy atom. The Kier molecular flexibility index (Phi) is 4.90. The Morgan fingerprint density at radius 1 is 1.29 bits per heavy atom. The van der Waals surface area contributed by atoms with Crippen molar-refractivity contribution in [2.24, 2.45) is 17.1 Å². The summed E-state index contributed by atoms with van der Waals surface area (Å²) in [6.45, 7) is 6.54. The first-order valence-electron chi connectivity index (χ1n) is 6.41. The van der Waals surface area contributed by atoms with Gasteiger partial charge in [0, 0.05) is 6.54 Å². The molecule has 102 valence electrons. The predicted molar refractivity (Wildman–Crippen MR) is 65.2 cm³/mol. The second-order valence-electron chi connectivity index (χ2n) is 6.23. The van der Waals surface area contributed by atoms with Crippen molar-refractivity contribution < 1.29 is 13.5 Å². The van der Waals surface area contributed by atoms with Gasteiger partial charge in [-0.1, -0.05) is 20.8 Å². The average molecular weight is 249 g/mol. The van der Waals surface area contributed by atoms with Crippen molar-refractivity contribution in [1.29, 1.82) is 0 Å². The Labute approximate surface area is 103 Å². The lowest BCUT2D eigenvalue weighted by molar-refractivity contribution is -0.112. The highest BCUT2D eigenvalue weighted by atomic mass is 19.3. The van der Waals surface area contributed by atoms with Crippen LogP contribution in [0, 0.1) is 11.3 Å². The third kappa shape index (κ3) is 4.18. The van der Waals surface area contributed by atoms with Gasteiger partial charge < -0.3 is 10.5 Å². The number of hydrogen-bond donors (Lipinski definition) is 1. The molecule has 1 aliphatic carbocycles. The van der Waals surface area contributed by atoms with Crippen LogP contribution in [0.4, 0.5) is 8.78 Å². The van der Waals surface area contributed by atoms with Gasteiger partial charge in [0.15, 0.2) is 0 Å². The molecule has 0 unspecified atom stereocenters. The minimum Gasteiger partial charge on any atom is -0.368 e. The normalized spacial score (nSPS) is 30.9. The molecule has 0 amide bonds. The zero-order chi connectivity index (χ0) is 13.1. The van der Waals surface area contributed by atoms with Crippen LogP contribution in [0.25, 0.3) is 0 Å². The first-order chi connectivity index (χ1) is 7.79. The fraction of sp³-hybridized carbons (Fsp3) is 1.00. The van der Waals surface area contributed by atoms with Gasteiger partial charge in [0.25, 0.3) is 6.43 Å². The van der Waals surface area contributed by atoms with E-state index in [-0.39, 0.29) is 5.41 Å². The van der Waals surface area contributed by atoms with Crippen LogP contribution in [0.1, 0.15) is 46.5 Å². The van der Waals surface area contributed by atoms with Crippen LogP contribution in [0.2, 0.25) is 0 Å². The van der Waals surface area contributed by atoms with Gasteiger partial charge in [-0.2, -0.15) is 0 Å². The topological polar surface area (TPSA) is 35.2 Å². The van der Waals surface area contributed by atoms with Gasteiger partial charge in [-0.15, -0.1) is 0 Å². The molecular weight excluding hydrogens is 224 g/mol. The lowest BCUT2D eigenvalue weighted by atomic mass is 9.68. The molecule has 0 aromatic carbocycles. The van der Waals surface area contributed by atoms with Crippen LogP contribution in [0.15, 0.2) is 0 Å². The number of hydrogen-bond acceptors (Lipinski definition) is 2. The van der Waals surface area contributed by atoms with E-state index in [4.69, 9.17) is 10.5 Å². The lowest BCUT2D eigenvalue weighted by Crippen LogP contribution is -2.46. The Morgan fingerprint density at radius 3 is 2.18 bits per heavy atom. The van der Waals surface area contributed by atoms with E-state index in [1.54, 1.807) is 0 Å². The summed E-state index contributed by atoms with van der Waals surface area (Å²) in [5.41, 5.74) is 5.49. The number of ether oxygens (including phenoxy) is 1. The Balaban J connectivity index is 2.51. The summed E-state index contributed by atoms with van der Waals surface area (Å²) in [6.07, 6.45) is 1.24. The van der Waals surface area contributed by atoms with E-state index in [0.717, 1.165) is 25.7 Å². The van der Waals surface area contributed by atoms with Gasteiger partial charge >= 0.3 is 0 Å². The fourth-order valence-corrected chi connectivity index (χ4v) is 2.66. The minimum absolute atomic E-state index is 0.281. The van der Waals surface area contributed by atoms with E-state index in [2.05, 4.69) is 20.8 Å². The van der Waals surface area contributed by atoms with E-state index in [9.17, 15) is 8.78 Å². The predicted octanol–water partition coefficient (Wildman–Crippen LogP) is 3.20. The number of nitrogens with two attached hydrogens (primary N) is 1. The van der Waals surface area contributed by atoms with Crippen molar-refractivity contribution in [3.05, 3.63) is 0 Å². The van der Waals surface area contributed by atoms with E-state index < -0.39 is 18.6 Å². The summed E-state index contributed by atoms with van der Waals surface area (Å²) < 4.78 is 29.8. The van der Waals surface area contributed by atoms with Crippen molar-refractivity contribution in [2.75, 3.05) is 13.2 Å². The molecule has 0 aliphatic heterocycles. The van der Waals surface area contributed by atoms with Crippen molar-refractivity contribution in [1.82, 2.24) is 0 Å². The third-order valence-electron chi connectivity index (χ3n) is 4.01. The molecule has 0 atom stereocenters. The van der Waals surface area contributed by atoms with Gasteiger partial charge in [-0.05, 0) is 37.0 Å². The van der Waals surface area contributed by atoms with Crippen molar-refractivity contribution in [3.8, 4) is 0 Å². The van der Waals surface area contributed by atoms with Gasteiger partial charge in [0.2, 0.25) is 0 Å². The largest absolute Gasteiger partial charge is 0.368 e. The first-order valence-corrected chi connectivity index (χ1v) is 6.41. The molecule has 0 aromatic rings. The van der Waals surface area contributed by atoms with Crippen LogP contribution < -0.4 is 5.73 Å². The van der Waals surface area contributed by atoms with Crippen LogP contribution in [0.5, 0.6) is 0 Å². The number of alkyl halides is 2. The molecule has 0 heterocycles. The molecule has 0 spiro atoms. The average Bonchev–Trinajstić information content (AvgIpc) is 2.26. The van der Waals surface area contributed by atoms with E-state index >= 15 is 0 Å². The highest BCUT2D eigenvalue weighted by Gasteiger charge is 2.39. The Bertz CT molecular complexity index is 230. The Hall–Kier alpha value is -0.220. The molecule has 0 aromatic heterocycles. The summed E-state index contributed by atoms with van der Waals surface area (Å²) in [4.78, 5) is 0. The van der Waals surface area contributed by atoms with Crippen molar-refractivity contribution in [2.45, 2.75) is 58.5 Å². The molecule has 1 fully saturated rings. The quantitative estimate of drug-likeness (QED) is 0.830. The van der Waals surface area contributed by atoms with Crippen LogP contribution in [0.3, 0.4) is 0 Å². The van der Waals surface area contributed by atoms with Crippen LogP contribution in [-0.2, 0) is 4.74 Å². The molecule has 1 rings (SSSR count). The van der Waals surface area contributed by atoms with Gasteiger partial charge in [0.05, 0.1) is 5.60 Å². The molecule has 0 saturated heterocycles. The van der Waals surface area contributed by atoms with Crippen molar-refractivity contribution >= 4 is 0 Å². The maximum atomic E-state index is 12.2. The second kappa shape index (κ2) is 5.61. The maximum Gasteiger partial charge on any atom is 0.261 e. The molecule has 4 heteroatoms. The molecule has 0 bridgehead atoms. The molecule has 1 aliphatic rings. The maximum absolute atomic E-state index is 12.2. The molecular formula is C13H25F2NO. The van der Waals surface area contributed by atoms with Gasteiger partial charge in [0.1, 0.15) is 6.61 Å². The van der Waals surface area contributed by atoms with Gasteiger partial charge in [-0.25, -0.2) is 8.78 Å². The SMILES string of the molecule is CC(C)(C)C1CCC(CN)(OCC(F)F)CC1. The zero-order valence-corrected chi connectivity index (χ0v) is 11.1. The third-order valence-corrected chi connectivity index (χ3v) is 4.01. The highest BCUT2D eigenvalue weighted by Crippen LogP contribution is 2.42. The first kappa shape index (κ1) is 14.8. The smallest absolute Gasteiger partial charge is 0.261 e. The summed E-state index contributed by atoms with van der Waals surface area (Å²) >= 11 is 0. The van der Waals surface area contributed by atoms with E-state index in [1.807, 2.05) is 0 Å². The molecule has 2 N–H and O–H groups in total. The van der Waals surface area contributed by atoms with Crippen LogP contribution in [-0.4, -0.2) is 25.2 Å². The number of rotatable bonds is 4. The monoisotopic (exact) mass is 249 g/mol. The lowest BCUT2D eigenvalue weighted by Gasteiger charge is -2.43. The number of halogens is 2. The molecule has 1 saturated carbocycles. The van der Waals surface area contributed by atoms with Gasteiger partial charge in [-0.3, -0.25) is 0 Å². The van der Waals surface area contributed by atoms with E-state index in [1.165, 1.54) is 0 Å². The summed E-state index contributed by atoms with van der Waals surface area (Å²) in [5, 5.41) is 0. The van der Waals surface area contributed by atoms with Crippen LogP contribution >= 0.6 is 0 Å². The summed E-state index contributed by atoms with van der Waals surface area (Å²) in [7, 11) is 0. The van der Waals surface area contributed by atoms with Crippen molar-refractivity contribution in [3.63, 3.8) is 0 Å². The fourth-order valence-electron chi connectivity index (χ4n) is 2.66. The summed E-state index contributed by atoms with van der Waals surface area (Å²) in [5.74, 6) is 0.636. The standard InChI is InChI=1S/C13H25F2NO/c1-12(2,3)10-4-6-13(9-16,7-5-10)17-8-11(14)15/h10-11H,4-9,16H2,1-3H3. The van der Waals surface area contributed by atoms with E-state index in [0.29, 0.717) is 12.5 Å².